The van der Waals surface area contributed by atoms with Gasteiger partial charge in [0.2, 0.25) is 15.9 Å². The molecule has 0 spiro atoms. The minimum atomic E-state index is -4.79. The number of amides is 1. The van der Waals surface area contributed by atoms with Gasteiger partial charge in [-0.3, -0.25) is 4.79 Å². The zero-order valence-electron chi connectivity index (χ0n) is 11.1. The maximum Gasteiger partial charge on any atom is 0.573 e. The van der Waals surface area contributed by atoms with Crippen molar-refractivity contribution in [2.75, 3.05) is 25.2 Å². The average molecular weight is 326 g/mol. The van der Waals surface area contributed by atoms with E-state index in [1.54, 1.807) is 0 Å². The fraction of sp³-hybridized carbons (Fsp3) is 0.364. The lowest BCUT2D eigenvalue weighted by Crippen LogP contribution is -2.34. The van der Waals surface area contributed by atoms with Crippen LogP contribution in [0.25, 0.3) is 0 Å². The van der Waals surface area contributed by atoms with Crippen LogP contribution in [0.1, 0.15) is 0 Å². The van der Waals surface area contributed by atoms with Gasteiger partial charge in [-0.05, 0) is 24.3 Å². The number of benzene rings is 1. The summed E-state index contributed by atoms with van der Waals surface area (Å²) in [4.78, 5) is 11.6. The maximum absolute atomic E-state index is 12.0. The number of hydrogen-bond donors (Lipinski definition) is 1. The molecule has 10 heteroatoms. The number of sulfonamides is 1. The number of anilines is 1. The maximum atomic E-state index is 12.0. The normalized spacial score (nSPS) is 12.3. The number of rotatable bonds is 5. The fourth-order valence-corrected chi connectivity index (χ4v) is 1.61. The number of ether oxygens (including phenoxy) is 1. The van der Waals surface area contributed by atoms with Gasteiger partial charge in [0.15, 0.2) is 0 Å². The van der Waals surface area contributed by atoms with E-state index in [1.165, 1.54) is 19.2 Å². The Morgan fingerprint density at radius 1 is 1.29 bits per heavy atom. The highest BCUT2D eigenvalue weighted by Gasteiger charge is 2.30. The molecule has 0 saturated carbocycles. The number of alkyl halides is 3. The zero-order valence-corrected chi connectivity index (χ0v) is 12.0. The van der Waals surface area contributed by atoms with E-state index in [-0.39, 0.29) is 5.69 Å². The van der Waals surface area contributed by atoms with E-state index in [1.807, 2.05) is 0 Å². The highest BCUT2D eigenvalue weighted by Crippen LogP contribution is 2.23. The monoisotopic (exact) mass is 326 g/mol. The van der Waals surface area contributed by atoms with Crippen LogP contribution in [0.4, 0.5) is 18.9 Å². The third-order valence-corrected chi connectivity index (χ3v) is 3.57. The van der Waals surface area contributed by atoms with Crippen molar-refractivity contribution in [3.05, 3.63) is 24.3 Å². The van der Waals surface area contributed by atoms with Crippen molar-refractivity contribution in [1.29, 1.82) is 0 Å². The van der Waals surface area contributed by atoms with E-state index in [0.29, 0.717) is 0 Å². The fourth-order valence-electron chi connectivity index (χ4n) is 1.26. The van der Waals surface area contributed by atoms with E-state index in [9.17, 15) is 26.4 Å². The zero-order chi connectivity index (χ0) is 16.3. The number of nitrogens with one attached hydrogen (secondary N) is 1. The molecule has 0 bridgehead atoms. The SMILES string of the molecule is CN(CC(=O)Nc1ccc(OC(F)(F)F)cc1)S(C)(=O)=O. The van der Waals surface area contributed by atoms with Gasteiger partial charge in [0.05, 0.1) is 12.8 Å². The van der Waals surface area contributed by atoms with Crippen molar-refractivity contribution in [1.82, 2.24) is 4.31 Å². The third-order valence-electron chi connectivity index (χ3n) is 2.30. The molecule has 1 amide bonds. The summed E-state index contributed by atoms with van der Waals surface area (Å²) in [6.45, 7) is -0.403. The van der Waals surface area contributed by atoms with E-state index in [0.717, 1.165) is 22.7 Å². The number of halogens is 3. The highest BCUT2D eigenvalue weighted by molar-refractivity contribution is 7.88. The lowest BCUT2D eigenvalue weighted by atomic mass is 10.3. The van der Waals surface area contributed by atoms with Crippen LogP contribution in [0.3, 0.4) is 0 Å². The summed E-state index contributed by atoms with van der Waals surface area (Å²) >= 11 is 0. The first-order valence-electron chi connectivity index (χ1n) is 5.54. The number of nitrogens with zero attached hydrogens (tertiary/aromatic N) is 1. The van der Waals surface area contributed by atoms with E-state index in [4.69, 9.17) is 0 Å². The molecule has 0 unspecified atom stereocenters. The molecule has 6 nitrogen and oxygen atoms in total. The molecule has 0 atom stereocenters. The second-order valence-electron chi connectivity index (χ2n) is 4.14. The molecule has 21 heavy (non-hydrogen) atoms. The van der Waals surface area contributed by atoms with Crippen LogP contribution < -0.4 is 10.1 Å². The van der Waals surface area contributed by atoms with Crippen molar-refractivity contribution in [2.45, 2.75) is 6.36 Å². The summed E-state index contributed by atoms with van der Waals surface area (Å²) in [5.41, 5.74) is 0.219. The molecule has 0 fully saturated rings. The molecule has 0 aliphatic carbocycles. The van der Waals surface area contributed by atoms with Gasteiger partial charge in [-0.1, -0.05) is 0 Å². The van der Waals surface area contributed by atoms with Crippen molar-refractivity contribution in [2.24, 2.45) is 0 Å². The first-order valence-corrected chi connectivity index (χ1v) is 7.39. The van der Waals surface area contributed by atoms with Gasteiger partial charge in [0.25, 0.3) is 0 Å². The Morgan fingerprint density at radius 3 is 2.24 bits per heavy atom. The van der Waals surface area contributed by atoms with Crippen LogP contribution in [-0.4, -0.2) is 44.8 Å². The summed E-state index contributed by atoms with van der Waals surface area (Å²) < 4.78 is 62.6. The summed E-state index contributed by atoms with van der Waals surface area (Å²) in [7, 11) is -2.26. The van der Waals surface area contributed by atoms with Gasteiger partial charge in [0, 0.05) is 12.7 Å². The molecule has 1 N–H and O–H groups in total. The minimum Gasteiger partial charge on any atom is -0.406 e. The van der Waals surface area contributed by atoms with Crippen molar-refractivity contribution in [3.8, 4) is 5.75 Å². The van der Waals surface area contributed by atoms with Gasteiger partial charge in [-0.15, -0.1) is 13.2 Å². The number of carbonyl (C=O) groups is 1. The first kappa shape index (κ1) is 17.2. The molecule has 0 radical (unpaired) electrons. The third kappa shape index (κ3) is 6.45. The number of hydrogen-bond acceptors (Lipinski definition) is 4. The lowest BCUT2D eigenvalue weighted by Gasteiger charge is -2.14. The van der Waals surface area contributed by atoms with Gasteiger partial charge < -0.3 is 10.1 Å². The van der Waals surface area contributed by atoms with E-state index >= 15 is 0 Å². The van der Waals surface area contributed by atoms with Crippen molar-refractivity contribution < 1.29 is 31.1 Å². The largest absolute Gasteiger partial charge is 0.573 e. The molecule has 0 aliphatic rings. The number of likely N-dealkylation sites (N-methyl/N-ethyl adjacent to an activating group) is 1. The standard InChI is InChI=1S/C11H13F3N2O4S/c1-16(21(2,18)19)7-10(17)15-8-3-5-9(6-4-8)20-11(12,13)14/h3-6H,7H2,1-2H3,(H,15,17). The number of carbonyl (C=O) groups excluding carboxylic acids is 1. The highest BCUT2D eigenvalue weighted by atomic mass is 32.2. The molecular formula is C11H13F3N2O4S. The van der Waals surface area contributed by atoms with Gasteiger partial charge in [0.1, 0.15) is 5.75 Å². The molecule has 0 saturated heterocycles. The Hall–Kier alpha value is -1.81. The Balaban J connectivity index is 2.62. The van der Waals surface area contributed by atoms with Crippen LogP contribution in [0.15, 0.2) is 24.3 Å². The van der Waals surface area contributed by atoms with Crippen LogP contribution in [-0.2, 0) is 14.8 Å². The molecule has 0 heterocycles. The van der Waals surface area contributed by atoms with Crippen LogP contribution in [0.2, 0.25) is 0 Å². The van der Waals surface area contributed by atoms with Crippen LogP contribution in [0, 0.1) is 0 Å². The van der Waals surface area contributed by atoms with Crippen LogP contribution in [0.5, 0.6) is 5.75 Å². The molecule has 0 aromatic heterocycles. The van der Waals surface area contributed by atoms with E-state index in [2.05, 4.69) is 10.1 Å². The Labute approximate surface area is 119 Å². The summed E-state index contributed by atoms with van der Waals surface area (Å²) in [6, 6.07) is 4.48. The lowest BCUT2D eigenvalue weighted by molar-refractivity contribution is -0.274. The van der Waals surface area contributed by atoms with Crippen molar-refractivity contribution in [3.63, 3.8) is 0 Å². The summed E-state index contributed by atoms with van der Waals surface area (Å²) in [5.74, 6) is -1.04. The molecule has 0 aliphatic heterocycles. The predicted octanol–water partition coefficient (Wildman–Crippen LogP) is 1.42. The topological polar surface area (TPSA) is 75.7 Å². The smallest absolute Gasteiger partial charge is 0.406 e. The average Bonchev–Trinajstić information content (AvgIpc) is 2.28. The molecular weight excluding hydrogens is 313 g/mol. The summed E-state index contributed by atoms with van der Waals surface area (Å²) in [5, 5.41) is 2.35. The van der Waals surface area contributed by atoms with Crippen LogP contribution >= 0.6 is 0 Å². The van der Waals surface area contributed by atoms with Gasteiger partial charge in [-0.25, -0.2) is 8.42 Å². The molecule has 1 aromatic carbocycles. The van der Waals surface area contributed by atoms with Gasteiger partial charge in [-0.2, -0.15) is 4.31 Å². The van der Waals surface area contributed by atoms with Crippen molar-refractivity contribution >= 4 is 21.6 Å². The van der Waals surface area contributed by atoms with Gasteiger partial charge >= 0.3 is 6.36 Å². The predicted molar refractivity (Wildman–Crippen MR) is 69.2 cm³/mol. The Kier molecular flexibility index (Phi) is 5.18. The second-order valence-corrected chi connectivity index (χ2v) is 6.23. The quantitative estimate of drug-likeness (QED) is 0.888. The Bertz CT molecular complexity index is 599. The minimum absolute atomic E-state index is 0.219. The van der Waals surface area contributed by atoms with E-state index < -0.39 is 34.6 Å². The molecule has 118 valence electrons. The molecule has 1 aromatic rings. The molecule has 1 rings (SSSR count). The first-order chi connectivity index (χ1) is 9.47. The second kappa shape index (κ2) is 6.31. The Morgan fingerprint density at radius 2 is 1.81 bits per heavy atom. The summed E-state index contributed by atoms with van der Waals surface area (Å²) in [6.07, 6.45) is -3.84.